The minimum atomic E-state index is -0.867. The molecule has 2 aliphatic heterocycles. The van der Waals surface area contributed by atoms with E-state index in [4.69, 9.17) is 4.74 Å². The second kappa shape index (κ2) is 13.5. The first kappa shape index (κ1) is 31.0. The normalized spacial score (nSPS) is 21.8. The van der Waals surface area contributed by atoms with E-state index in [0.717, 1.165) is 44.2 Å². The zero-order chi connectivity index (χ0) is 30.5. The molecule has 3 amide bonds. The quantitative estimate of drug-likeness (QED) is 0.379. The van der Waals surface area contributed by atoms with Crippen molar-refractivity contribution in [1.29, 1.82) is 0 Å². The summed E-state index contributed by atoms with van der Waals surface area (Å²) in [5.74, 6) is 1.15. The number of hydrogen-bond acceptors (Lipinski definition) is 6. The topological polar surface area (TPSA) is 111 Å². The number of likely N-dealkylation sites (tertiary alicyclic amines) is 1. The highest BCUT2D eigenvalue weighted by Crippen LogP contribution is 2.37. The van der Waals surface area contributed by atoms with Gasteiger partial charge in [-0.25, -0.2) is 0 Å². The molecule has 0 aromatic heterocycles. The number of carbonyl (C=O) groups is 3. The second-order valence-corrected chi connectivity index (χ2v) is 12.5. The van der Waals surface area contributed by atoms with E-state index in [0.29, 0.717) is 68.8 Å². The molecule has 0 unspecified atom stereocenters. The zero-order valence-corrected chi connectivity index (χ0v) is 25.6. The van der Waals surface area contributed by atoms with Crippen LogP contribution in [0.4, 0.5) is 0 Å². The maximum Gasteiger partial charge on any atom is 0.251 e. The smallest absolute Gasteiger partial charge is 0.251 e. The fraction of sp³-hybridized carbons (Fsp3) is 0.559. The van der Waals surface area contributed by atoms with Crippen molar-refractivity contribution in [2.24, 2.45) is 0 Å². The van der Waals surface area contributed by atoms with Crippen molar-refractivity contribution in [3.8, 4) is 11.5 Å². The molecule has 9 nitrogen and oxygen atoms in total. The molecule has 1 aliphatic carbocycles. The van der Waals surface area contributed by atoms with Gasteiger partial charge in [-0.15, -0.1) is 0 Å². The van der Waals surface area contributed by atoms with Crippen molar-refractivity contribution < 1.29 is 24.2 Å². The van der Waals surface area contributed by atoms with Crippen LogP contribution in [-0.4, -0.2) is 76.5 Å². The van der Waals surface area contributed by atoms with Gasteiger partial charge in [-0.1, -0.05) is 44.7 Å². The number of nitrogens with zero attached hydrogens (tertiary/aromatic N) is 2. The van der Waals surface area contributed by atoms with E-state index in [9.17, 15) is 19.5 Å². The number of piperazine rings is 1. The molecule has 2 saturated heterocycles. The first-order valence-corrected chi connectivity index (χ1v) is 15.9. The van der Waals surface area contributed by atoms with Crippen LogP contribution in [0.3, 0.4) is 0 Å². The summed E-state index contributed by atoms with van der Waals surface area (Å²) in [5.41, 5.74) is 0.0362. The number of aliphatic hydroxyl groups is 1. The van der Waals surface area contributed by atoms with E-state index in [1.807, 2.05) is 29.2 Å². The Balaban J connectivity index is 1.19. The standard InChI is InChI=1S/C34H46N4O5/c1-3-4-20-38-31(40)29(23-33(42)16-6-5-7-17-33)36-32(41)34(38)18-21-37(22-19-34)24-25-8-12-27(13-9-25)43-28-14-10-26(11-15-28)30(39)35-2/h8-15,29,42H,3-7,16-24H2,1-2H3,(H,35,39)(H,36,41)/t29-/m1/s1. The Labute approximate surface area is 255 Å². The number of benzene rings is 2. The molecule has 1 atom stereocenters. The summed E-state index contributed by atoms with van der Waals surface area (Å²) in [7, 11) is 1.60. The molecule has 3 fully saturated rings. The summed E-state index contributed by atoms with van der Waals surface area (Å²) < 4.78 is 5.95. The van der Waals surface area contributed by atoms with E-state index >= 15 is 0 Å². The third kappa shape index (κ3) is 7.04. The molecule has 2 aromatic carbocycles. The lowest BCUT2D eigenvalue weighted by atomic mass is 9.77. The highest BCUT2D eigenvalue weighted by molar-refractivity contribution is 6.00. The molecule has 2 heterocycles. The zero-order valence-electron chi connectivity index (χ0n) is 25.6. The second-order valence-electron chi connectivity index (χ2n) is 12.5. The van der Waals surface area contributed by atoms with Crippen molar-refractivity contribution >= 4 is 17.7 Å². The molecule has 3 aliphatic rings. The number of amides is 3. The van der Waals surface area contributed by atoms with Crippen LogP contribution in [0.5, 0.6) is 11.5 Å². The lowest BCUT2D eigenvalue weighted by Crippen LogP contribution is -2.73. The Morgan fingerprint density at radius 2 is 1.60 bits per heavy atom. The fourth-order valence-corrected chi connectivity index (χ4v) is 6.90. The minimum absolute atomic E-state index is 0.0284. The first-order chi connectivity index (χ1) is 20.7. The van der Waals surface area contributed by atoms with Gasteiger partial charge in [-0.05, 0) is 74.1 Å². The molecule has 5 rings (SSSR count). The number of nitrogens with one attached hydrogen (secondary N) is 2. The number of carbonyl (C=O) groups excluding carboxylic acids is 3. The summed E-state index contributed by atoms with van der Waals surface area (Å²) in [6.45, 7) is 4.86. The van der Waals surface area contributed by atoms with E-state index < -0.39 is 17.2 Å². The molecule has 1 spiro atoms. The average Bonchev–Trinajstić information content (AvgIpc) is 3.02. The number of hydrogen-bond donors (Lipinski definition) is 3. The Morgan fingerprint density at radius 3 is 2.21 bits per heavy atom. The van der Waals surface area contributed by atoms with Gasteiger partial charge < -0.3 is 25.4 Å². The molecule has 43 heavy (non-hydrogen) atoms. The Kier molecular flexibility index (Phi) is 9.72. The Morgan fingerprint density at radius 1 is 0.977 bits per heavy atom. The van der Waals surface area contributed by atoms with Crippen molar-refractivity contribution in [3.05, 3.63) is 59.7 Å². The van der Waals surface area contributed by atoms with E-state index in [1.54, 1.807) is 31.3 Å². The summed E-state index contributed by atoms with van der Waals surface area (Å²) in [6, 6.07) is 14.3. The van der Waals surface area contributed by atoms with Gasteiger partial charge in [0.2, 0.25) is 11.8 Å². The predicted octanol–water partition coefficient (Wildman–Crippen LogP) is 4.39. The average molecular weight is 591 g/mol. The van der Waals surface area contributed by atoms with Gasteiger partial charge in [-0.3, -0.25) is 19.3 Å². The van der Waals surface area contributed by atoms with Crippen LogP contribution in [-0.2, 0) is 16.1 Å². The van der Waals surface area contributed by atoms with E-state index in [1.165, 1.54) is 0 Å². The highest BCUT2D eigenvalue weighted by atomic mass is 16.5. The monoisotopic (exact) mass is 590 g/mol. The van der Waals surface area contributed by atoms with Crippen LogP contribution in [0.25, 0.3) is 0 Å². The Bertz CT molecular complexity index is 1260. The van der Waals surface area contributed by atoms with Crippen molar-refractivity contribution in [3.63, 3.8) is 0 Å². The minimum Gasteiger partial charge on any atom is -0.457 e. The van der Waals surface area contributed by atoms with Crippen molar-refractivity contribution in [2.45, 2.75) is 94.9 Å². The van der Waals surface area contributed by atoms with Gasteiger partial charge in [0.15, 0.2) is 0 Å². The van der Waals surface area contributed by atoms with Gasteiger partial charge >= 0.3 is 0 Å². The van der Waals surface area contributed by atoms with Gasteiger partial charge in [-0.2, -0.15) is 0 Å². The molecule has 2 aromatic rings. The van der Waals surface area contributed by atoms with Crippen LogP contribution in [0.1, 0.15) is 87.1 Å². The Hall–Kier alpha value is -3.43. The van der Waals surface area contributed by atoms with Gasteiger partial charge in [0, 0.05) is 45.2 Å². The summed E-state index contributed by atoms with van der Waals surface area (Å²) >= 11 is 0. The van der Waals surface area contributed by atoms with E-state index in [-0.39, 0.29) is 17.7 Å². The SMILES string of the molecule is CCCCN1C(=O)[C@@H](CC2(O)CCCCC2)NC(=O)C12CCN(Cc1ccc(Oc3ccc(C(=O)NC)cc3)cc1)CC2. The summed E-state index contributed by atoms with van der Waals surface area (Å²) in [6.07, 6.45) is 7.74. The molecule has 0 radical (unpaired) electrons. The molecular formula is C34H46N4O5. The number of rotatable bonds is 10. The molecule has 0 bridgehead atoms. The molecule has 9 heteroatoms. The van der Waals surface area contributed by atoms with E-state index in [2.05, 4.69) is 22.5 Å². The third-order valence-corrected chi connectivity index (χ3v) is 9.50. The van der Waals surface area contributed by atoms with Gasteiger partial charge in [0.25, 0.3) is 5.91 Å². The van der Waals surface area contributed by atoms with Crippen LogP contribution in [0.15, 0.2) is 48.5 Å². The highest BCUT2D eigenvalue weighted by Gasteiger charge is 2.54. The van der Waals surface area contributed by atoms with Crippen LogP contribution in [0, 0.1) is 0 Å². The maximum absolute atomic E-state index is 13.8. The van der Waals surface area contributed by atoms with Gasteiger partial charge in [0.1, 0.15) is 23.1 Å². The number of piperidine rings is 1. The largest absolute Gasteiger partial charge is 0.457 e. The lowest BCUT2D eigenvalue weighted by molar-refractivity contribution is -0.163. The van der Waals surface area contributed by atoms with Crippen molar-refractivity contribution in [1.82, 2.24) is 20.4 Å². The van der Waals surface area contributed by atoms with Crippen molar-refractivity contribution in [2.75, 3.05) is 26.7 Å². The lowest BCUT2D eigenvalue weighted by Gasteiger charge is -2.52. The molecule has 232 valence electrons. The summed E-state index contributed by atoms with van der Waals surface area (Å²) in [4.78, 5) is 43.5. The fourth-order valence-electron chi connectivity index (χ4n) is 6.90. The number of ether oxygens (including phenoxy) is 1. The van der Waals surface area contributed by atoms with Crippen LogP contribution < -0.4 is 15.4 Å². The van der Waals surface area contributed by atoms with Gasteiger partial charge in [0.05, 0.1) is 5.60 Å². The maximum atomic E-state index is 13.8. The van der Waals surface area contributed by atoms with Crippen LogP contribution >= 0.6 is 0 Å². The summed E-state index contributed by atoms with van der Waals surface area (Å²) in [5, 5.41) is 16.8. The predicted molar refractivity (Wildman–Crippen MR) is 165 cm³/mol. The first-order valence-electron chi connectivity index (χ1n) is 15.9. The molecule has 1 saturated carbocycles. The molecule has 3 N–H and O–H groups in total. The molecular weight excluding hydrogens is 544 g/mol. The third-order valence-electron chi connectivity index (χ3n) is 9.50. The number of unbranched alkanes of at least 4 members (excludes halogenated alkanes) is 1. The van der Waals surface area contributed by atoms with Crippen LogP contribution in [0.2, 0.25) is 0 Å².